The molecule has 9 nitrogen and oxygen atoms in total. The summed E-state index contributed by atoms with van der Waals surface area (Å²) in [6, 6.07) is 1.49. The van der Waals surface area contributed by atoms with Gasteiger partial charge >= 0.3 is 6.18 Å². The van der Waals surface area contributed by atoms with Crippen LogP contribution >= 0.6 is 23.5 Å². The highest BCUT2D eigenvalue weighted by Gasteiger charge is 2.26. The van der Waals surface area contributed by atoms with Crippen molar-refractivity contribution in [2.24, 2.45) is 10.7 Å². The van der Waals surface area contributed by atoms with Crippen molar-refractivity contribution in [1.29, 1.82) is 0 Å². The van der Waals surface area contributed by atoms with Gasteiger partial charge < -0.3 is 22.1 Å². The van der Waals surface area contributed by atoms with E-state index in [1.165, 1.54) is 24.0 Å². The van der Waals surface area contributed by atoms with E-state index in [0.717, 1.165) is 18.1 Å². The lowest BCUT2D eigenvalue weighted by molar-refractivity contribution is -0.118. The highest BCUT2D eigenvalue weighted by atomic mass is 32.2. The molecule has 0 aliphatic carbocycles. The Balaban J connectivity index is 1.75. The number of nitrogens with one attached hydrogen (secondary N) is 2. The molecule has 0 saturated heterocycles. The Hall–Kier alpha value is -2.35. The van der Waals surface area contributed by atoms with Gasteiger partial charge in [0, 0.05) is 18.5 Å². The number of alkyl halides is 3. The first-order valence-corrected chi connectivity index (χ1v) is 8.96. The summed E-state index contributed by atoms with van der Waals surface area (Å²) in [5.74, 6) is 1.55. The van der Waals surface area contributed by atoms with Crippen LogP contribution in [0.3, 0.4) is 0 Å². The van der Waals surface area contributed by atoms with Gasteiger partial charge in [-0.2, -0.15) is 21.9 Å². The number of anilines is 3. The molecule has 0 aliphatic heterocycles. The van der Waals surface area contributed by atoms with E-state index in [4.69, 9.17) is 11.5 Å². The van der Waals surface area contributed by atoms with Gasteiger partial charge in [-0.25, -0.2) is 15.0 Å². The molecule has 142 valence electrons. The van der Waals surface area contributed by atoms with E-state index in [0.29, 0.717) is 29.1 Å². The minimum atomic E-state index is -4.41. The third-order valence-electron chi connectivity index (χ3n) is 2.68. The number of rotatable bonds is 8. The van der Waals surface area contributed by atoms with E-state index in [2.05, 4.69) is 34.3 Å². The van der Waals surface area contributed by atoms with Gasteiger partial charge in [-0.3, -0.25) is 0 Å². The lowest BCUT2D eigenvalue weighted by Crippen LogP contribution is -2.26. The van der Waals surface area contributed by atoms with Crippen LogP contribution in [0.15, 0.2) is 22.4 Å². The second kappa shape index (κ2) is 9.38. The van der Waals surface area contributed by atoms with Crippen LogP contribution in [0.1, 0.15) is 6.42 Å². The Morgan fingerprint density at radius 3 is 2.85 bits per heavy atom. The highest BCUT2D eigenvalue weighted by Crippen LogP contribution is 2.17. The van der Waals surface area contributed by atoms with Gasteiger partial charge in [0.2, 0.25) is 0 Å². The Labute approximate surface area is 155 Å². The largest absolute Gasteiger partial charge is 0.408 e. The molecule has 2 aromatic rings. The Bertz CT molecular complexity index is 735. The molecule has 0 spiro atoms. The molecule has 0 radical (unpaired) electrons. The Kier molecular flexibility index (Phi) is 7.20. The maximum atomic E-state index is 12.1. The normalized spacial score (nSPS) is 12.2. The summed E-state index contributed by atoms with van der Waals surface area (Å²) in [5.41, 5.74) is 11.0. The number of guanidine groups is 1. The maximum Gasteiger partial charge on any atom is 0.408 e. The van der Waals surface area contributed by atoms with Crippen molar-refractivity contribution < 1.29 is 13.2 Å². The summed E-state index contributed by atoms with van der Waals surface area (Å²) in [6.07, 6.45) is -2.14. The molecule has 2 heterocycles. The molecule has 0 saturated carbocycles. The molecule has 0 bridgehead atoms. The quantitative estimate of drug-likeness (QED) is 0.169. The van der Waals surface area contributed by atoms with E-state index in [1.807, 2.05) is 0 Å². The fourth-order valence-electron chi connectivity index (χ4n) is 1.59. The van der Waals surface area contributed by atoms with E-state index in [1.54, 1.807) is 0 Å². The Morgan fingerprint density at radius 2 is 2.15 bits per heavy atom. The molecule has 0 amide bonds. The van der Waals surface area contributed by atoms with Crippen LogP contribution in [0, 0.1) is 0 Å². The van der Waals surface area contributed by atoms with Gasteiger partial charge in [0.25, 0.3) is 0 Å². The molecule has 0 unspecified atom stereocenters. The first-order valence-electron chi connectivity index (χ1n) is 7.25. The SMILES string of the molecule is N/C(=N/CC(F)(F)F)Nc1ccnc(SCCCNc2nsnc2N)n1. The number of hydrogen-bond donors (Lipinski definition) is 4. The van der Waals surface area contributed by atoms with Gasteiger partial charge in [-0.1, -0.05) is 11.8 Å². The number of nitrogens with two attached hydrogens (primary N) is 2. The second-order valence-electron chi connectivity index (χ2n) is 4.79. The van der Waals surface area contributed by atoms with Gasteiger partial charge in [0.1, 0.15) is 12.4 Å². The lowest BCUT2D eigenvalue weighted by Gasteiger charge is -2.07. The predicted octanol–water partition coefficient (Wildman–Crippen LogP) is 1.79. The van der Waals surface area contributed by atoms with E-state index in [9.17, 15) is 13.2 Å². The zero-order chi connectivity index (χ0) is 19.0. The number of aromatic nitrogens is 4. The summed E-state index contributed by atoms with van der Waals surface area (Å²) < 4.78 is 44.1. The topological polar surface area (TPSA) is 140 Å². The second-order valence-corrected chi connectivity index (χ2v) is 6.38. The molecular weight excluding hydrogens is 391 g/mol. The number of hydrogen-bond acceptors (Lipinski definition) is 9. The summed E-state index contributed by atoms with van der Waals surface area (Å²) in [5, 5.41) is 6.03. The van der Waals surface area contributed by atoms with Crippen molar-refractivity contribution in [3.8, 4) is 0 Å². The molecule has 0 fully saturated rings. The predicted molar refractivity (Wildman–Crippen MR) is 96.4 cm³/mol. The number of thioether (sulfide) groups is 1. The molecule has 0 aliphatic rings. The Morgan fingerprint density at radius 1 is 1.35 bits per heavy atom. The standard InChI is InChI=1S/C12H16F3N9S2/c13-12(14,15)6-20-10(17)21-7-2-4-19-11(22-7)25-5-1-3-18-9-8(16)23-26-24-9/h2,4H,1,3,5-6H2,(H2,16,23)(H,18,24)(H3,17,19,20,21,22). The average Bonchev–Trinajstić information content (AvgIpc) is 2.98. The van der Waals surface area contributed by atoms with E-state index >= 15 is 0 Å². The van der Waals surface area contributed by atoms with Crippen LogP contribution < -0.4 is 22.1 Å². The highest BCUT2D eigenvalue weighted by molar-refractivity contribution is 7.99. The first-order chi connectivity index (χ1) is 12.3. The van der Waals surface area contributed by atoms with Gasteiger partial charge in [-0.05, 0) is 12.5 Å². The van der Waals surface area contributed by atoms with E-state index < -0.39 is 12.7 Å². The lowest BCUT2D eigenvalue weighted by atomic mass is 10.5. The molecule has 6 N–H and O–H groups in total. The van der Waals surface area contributed by atoms with Crippen molar-refractivity contribution in [1.82, 2.24) is 18.7 Å². The van der Waals surface area contributed by atoms with Crippen molar-refractivity contribution in [2.45, 2.75) is 17.8 Å². The average molecular weight is 407 g/mol. The monoisotopic (exact) mass is 407 g/mol. The third-order valence-corrected chi connectivity index (χ3v) is 4.17. The van der Waals surface area contributed by atoms with Gasteiger partial charge in [0.05, 0.1) is 11.7 Å². The third kappa shape index (κ3) is 7.26. The molecule has 14 heteroatoms. The van der Waals surface area contributed by atoms with Crippen LogP contribution in [0.4, 0.5) is 30.6 Å². The van der Waals surface area contributed by atoms with Crippen molar-refractivity contribution in [3.63, 3.8) is 0 Å². The van der Waals surface area contributed by atoms with Crippen molar-refractivity contribution in [2.75, 3.05) is 35.2 Å². The number of halogens is 3. The fourth-order valence-corrected chi connectivity index (χ4v) is 2.81. The molecule has 2 rings (SSSR count). The maximum absolute atomic E-state index is 12.1. The fraction of sp³-hybridized carbons (Fsp3) is 0.417. The van der Waals surface area contributed by atoms with Crippen LogP contribution in [0.5, 0.6) is 0 Å². The van der Waals surface area contributed by atoms with Crippen molar-refractivity contribution in [3.05, 3.63) is 12.3 Å². The zero-order valence-corrected chi connectivity index (χ0v) is 15.0. The zero-order valence-electron chi connectivity index (χ0n) is 13.3. The van der Waals surface area contributed by atoms with Gasteiger partial charge in [0.15, 0.2) is 22.8 Å². The van der Waals surface area contributed by atoms with Crippen molar-refractivity contribution >= 4 is 46.9 Å². The smallest absolute Gasteiger partial charge is 0.380 e. The molecule has 26 heavy (non-hydrogen) atoms. The van der Waals surface area contributed by atoms with Gasteiger partial charge in [-0.15, -0.1) is 0 Å². The first kappa shape index (κ1) is 20.0. The molecule has 0 atom stereocenters. The summed E-state index contributed by atoms with van der Waals surface area (Å²) in [4.78, 5) is 11.4. The van der Waals surface area contributed by atoms with Crippen LogP contribution in [0.25, 0.3) is 0 Å². The minimum Gasteiger partial charge on any atom is -0.380 e. The molecule has 2 aromatic heterocycles. The number of nitrogens with zero attached hydrogens (tertiary/aromatic N) is 5. The van der Waals surface area contributed by atoms with E-state index in [-0.39, 0.29) is 11.8 Å². The minimum absolute atomic E-state index is 0.269. The van der Waals surface area contributed by atoms with Crippen LogP contribution in [-0.4, -0.2) is 49.7 Å². The summed E-state index contributed by atoms with van der Waals surface area (Å²) >= 11 is 2.43. The van der Waals surface area contributed by atoms with Crippen LogP contribution in [0.2, 0.25) is 0 Å². The summed E-state index contributed by atoms with van der Waals surface area (Å²) in [6.45, 7) is -0.706. The summed E-state index contributed by atoms with van der Waals surface area (Å²) in [7, 11) is 0. The number of aliphatic imine (C=N–C) groups is 1. The molecule has 0 aromatic carbocycles. The number of nitrogen functional groups attached to an aromatic ring is 1. The van der Waals surface area contributed by atoms with Crippen LogP contribution in [-0.2, 0) is 0 Å². The molecular formula is C12H16F3N9S2.